The lowest BCUT2D eigenvalue weighted by Gasteiger charge is -2.35. The van der Waals surface area contributed by atoms with Gasteiger partial charge < -0.3 is 19.3 Å². The van der Waals surface area contributed by atoms with E-state index in [-0.39, 0.29) is 0 Å². The number of ether oxygens (including phenoxy) is 3. The zero-order valence-electron chi connectivity index (χ0n) is 23.2. The smallest absolute Gasteiger partial charge is 0.339 e. The van der Waals surface area contributed by atoms with Gasteiger partial charge in [-0.05, 0) is 59.3 Å². The predicted octanol–water partition coefficient (Wildman–Crippen LogP) is 6.03. The molecule has 0 bridgehead atoms. The number of aliphatic hydroxyl groups is 1. The minimum absolute atomic E-state index is 0.534. The first-order chi connectivity index (χ1) is 15.7. The maximum absolute atomic E-state index is 13.2. The molecule has 0 aromatic rings. The summed E-state index contributed by atoms with van der Waals surface area (Å²) in [6.45, 7) is 17.1. The third-order valence-electron chi connectivity index (χ3n) is 6.89. The lowest BCUT2D eigenvalue weighted by molar-refractivity contribution is -0.194. The van der Waals surface area contributed by atoms with Crippen molar-refractivity contribution in [3.8, 4) is 0 Å². The monoisotopic (exact) mass is 486 g/mol. The molecule has 0 radical (unpaired) electrons. The van der Waals surface area contributed by atoms with Crippen molar-refractivity contribution in [3.05, 3.63) is 0 Å². The molecule has 0 heterocycles. The van der Waals surface area contributed by atoms with E-state index in [4.69, 9.17) is 14.2 Å². The van der Waals surface area contributed by atoms with E-state index in [0.717, 1.165) is 19.3 Å². The van der Waals surface area contributed by atoms with Gasteiger partial charge in [0.05, 0.1) is 12.8 Å². The molecule has 7 nitrogen and oxygen atoms in total. The molecular weight excluding hydrogens is 436 g/mol. The molecule has 0 aliphatic rings. The Morgan fingerprint density at radius 3 is 1.15 bits per heavy atom. The van der Waals surface area contributed by atoms with Gasteiger partial charge in [-0.2, -0.15) is 0 Å². The third kappa shape index (κ3) is 10.3. The van der Waals surface area contributed by atoms with Crippen molar-refractivity contribution in [3.63, 3.8) is 0 Å². The summed E-state index contributed by atoms with van der Waals surface area (Å²) in [5.74, 6) is -2.49. The van der Waals surface area contributed by atoms with Crippen LogP contribution in [0.3, 0.4) is 0 Å². The maximum atomic E-state index is 13.2. The van der Waals surface area contributed by atoms with Gasteiger partial charge in [-0.3, -0.25) is 9.59 Å². The molecule has 0 saturated carbocycles. The Bertz CT molecular complexity index is 625. The second-order valence-electron chi connectivity index (χ2n) is 10.4. The van der Waals surface area contributed by atoms with Crippen molar-refractivity contribution in [2.24, 2.45) is 0 Å². The summed E-state index contributed by atoms with van der Waals surface area (Å²) in [7, 11) is 0. The number of carbonyl (C=O) groups excluding carboxylic acids is 3. The van der Waals surface area contributed by atoms with Crippen LogP contribution in [0.25, 0.3) is 0 Å². The molecule has 0 saturated heterocycles. The van der Waals surface area contributed by atoms with Crippen LogP contribution in [0.5, 0.6) is 0 Å². The Hall–Kier alpha value is -1.63. The minimum Gasteiger partial charge on any atom is -0.459 e. The van der Waals surface area contributed by atoms with E-state index in [1.165, 1.54) is 0 Å². The fourth-order valence-corrected chi connectivity index (χ4v) is 4.11. The van der Waals surface area contributed by atoms with Crippen LogP contribution in [0.1, 0.15) is 133 Å². The van der Waals surface area contributed by atoms with Gasteiger partial charge >= 0.3 is 17.9 Å². The largest absolute Gasteiger partial charge is 0.459 e. The third-order valence-corrected chi connectivity index (χ3v) is 6.89. The van der Waals surface area contributed by atoms with Crippen LogP contribution in [0.2, 0.25) is 0 Å². The van der Waals surface area contributed by atoms with Gasteiger partial charge in [0.2, 0.25) is 0 Å². The fraction of sp³-hybridized carbons (Fsp3) is 0.889. The van der Waals surface area contributed by atoms with Crippen molar-refractivity contribution in [2.45, 2.75) is 155 Å². The van der Waals surface area contributed by atoms with Gasteiger partial charge in [-0.1, -0.05) is 60.8 Å². The molecule has 0 amide bonds. The van der Waals surface area contributed by atoms with Crippen LogP contribution in [0.15, 0.2) is 0 Å². The maximum Gasteiger partial charge on any atom is 0.339 e. The van der Waals surface area contributed by atoms with E-state index in [0.29, 0.717) is 38.5 Å². The molecule has 200 valence electrons. The highest BCUT2D eigenvalue weighted by Crippen LogP contribution is 2.31. The van der Waals surface area contributed by atoms with E-state index in [1.54, 1.807) is 6.92 Å². The van der Waals surface area contributed by atoms with Crippen molar-refractivity contribution in [2.75, 3.05) is 0 Å². The van der Waals surface area contributed by atoms with E-state index in [9.17, 15) is 19.5 Å². The van der Waals surface area contributed by atoms with Gasteiger partial charge in [-0.15, -0.1) is 0 Å². The van der Waals surface area contributed by atoms with Crippen LogP contribution in [0.4, 0.5) is 0 Å². The molecule has 0 aliphatic carbocycles. The van der Waals surface area contributed by atoms with Crippen molar-refractivity contribution in [1.82, 2.24) is 0 Å². The van der Waals surface area contributed by atoms with Gasteiger partial charge in [0.25, 0.3) is 0 Å². The number of rotatable bonds is 17. The van der Waals surface area contributed by atoms with Crippen molar-refractivity contribution in [1.29, 1.82) is 0 Å². The van der Waals surface area contributed by atoms with Crippen LogP contribution in [0, 0.1) is 0 Å². The SMILES string of the molecule is CCCC(C)(CC)OC(=O)CC(O)(CC(=O)OC(C)(CC)CCC)C(=O)OC(C)(CC)CCC. The summed E-state index contributed by atoms with van der Waals surface area (Å²) < 4.78 is 17.0. The topological polar surface area (TPSA) is 99.1 Å². The zero-order valence-corrected chi connectivity index (χ0v) is 23.2. The molecule has 0 aromatic heterocycles. The summed E-state index contributed by atoms with van der Waals surface area (Å²) in [6, 6.07) is 0. The zero-order chi connectivity index (χ0) is 26.6. The highest BCUT2D eigenvalue weighted by molar-refractivity contribution is 5.90. The lowest BCUT2D eigenvalue weighted by Crippen LogP contribution is -2.49. The second-order valence-corrected chi connectivity index (χ2v) is 10.4. The van der Waals surface area contributed by atoms with Gasteiger partial charge in [0.1, 0.15) is 16.8 Å². The summed E-state index contributed by atoms with van der Waals surface area (Å²) in [5.41, 5.74) is -4.60. The van der Waals surface area contributed by atoms with E-state index in [1.807, 2.05) is 55.4 Å². The summed E-state index contributed by atoms with van der Waals surface area (Å²) >= 11 is 0. The minimum atomic E-state index is -2.37. The summed E-state index contributed by atoms with van der Waals surface area (Å²) in [6.07, 6.45) is 4.66. The summed E-state index contributed by atoms with van der Waals surface area (Å²) in [5, 5.41) is 11.4. The Morgan fingerprint density at radius 2 is 0.882 bits per heavy atom. The van der Waals surface area contributed by atoms with Crippen LogP contribution in [-0.2, 0) is 28.6 Å². The predicted molar refractivity (Wildman–Crippen MR) is 133 cm³/mol. The highest BCUT2D eigenvalue weighted by atomic mass is 16.6. The average Bonchev–Trinajstić information content (AvgIpc) is 2.73. The van der Waals surface area contributed by atoms with Gasteiger partial charge in [0.15, 0.2) is 5.60 Å². The van der Waals surface area contributed by atoms with E-state index >= 15 is 0 Å². The molecular formula is C27H50O7. The molecule has 0 spiro atoms. The molecule has 34 heavy (non-hydrogen) atoms. The van der Waals surface area contributed by atoms with E-state index in [2.05, 4.69) is 0 Å². The van der Waals surface area contributed by atoms with Crippen molar-refractivity contribution >= 4 is 17.9 Å². The Labute approximate surface area is 207 Å². The number of carbonyl (C=O) groups is 3. The number of esters is 3. The first-order valence-corrected chi connectivity index (χ1v) is 13.1. The number of hydrogen-bond acceptors (Lipinski definition) is 7. The molecule has 7 heteroatoms. The van der Waals surface area contributed by atoms with Gasteiger partial charge in [0, 0.05) is 0 Å². The van der Waals surface area contributed by atoms with Crippen LogP contribution in [-0.4, -0.2) is 45.4 Å². The Morgan fingerprint density at radius 1 is 0.588 bits per heavy atom. The number of hydrogen-bond donors (Lipinski definition) is 1. The normalized spacial score (nSPS) is 18.5. The van der Waals surface area contributed by atoms with E-state index < -0.39 is 53.2 Å². The molecule has 3 atom stereocenters. The molecule has 0 aromatic carbocycles. The lowest BCUT2D eigenvalue weighted by atomic mass is 9.92. The Balaban J connectivity index is 5.88. The highest BCUT2D eigenvalue weighted by Gasteiger charge is 2.47. The molecule has 0 aliphatic heterocycles. The molecule has 1 N–H and O–H groups in total. The molecule has 0 rings (SSSR count). The van der Waals surface area contributed by atoms with Crippen molar-refractivity contribution < 1.29 is 33.7 Å². The molecule has 3 unspecified atom stereocenters. The molecule has 0 fully saturated rings. The first kappa shape index (κ1) is 32.4. The fourth-order valence-electron chi connectivity index (χ4n) is 4.11. The standard InChI is InChI=1S/C27H50O7/c1-10-16-24(7,13-4)32-21(28)19-27(31,23(30)34-26(9,15-6)18-12-3)20-22(29)33-25(8,14-5)17-11-2/h31H,10-20H2,1-9H3. The second kappa shape index (κ2) is 14.1. The Kier molecular flexibility index (Phi) is 13.4. The summed E-state index contributed by atoms with van der Waals surface area (Å²) in [4.78, 5) is 38.9. The van der Waals surface area contributed by atoms with Gasteiger partial charge in [-0.25, -0.2) is 4.79 Å². The first-order valence-electron chi connectivity index (χ1n) is 13.1. The van der Waals surface area contributed by atoms with Crippen LogP contribution >= 0.6 is 0 Å². The average molecular weight is 487 g/mol. The quantitative estimate of drug-likeness (QED) is 0.198. The van der Waals surface area contributed by atoms with Crippen LogP contribution < -0.4 is 0 Å².